The van der Waals surface area contributed by atoms with E-state index in [2.05, 4.69) is 5.32 Å². The Labute approximate surface area is 230 Å². The maximum Gasteiger partial charge on any atom is 0.264 e. The molecule has 202 valence electrons. The second kappa shape index (κ2) is 13.4. The van der Waals surface area contributed by atoms with Crippen molar-refractivity contribution < 1.29 is 18.0 Å². The maximum absolute atomic E-state index is 13.8. The fraction of sp³-hybridized carbons (Fsp3) is 0.310. The van der Waals surface area contributed by atoms with E-state index < -0.39 is 28.5 Å². The molecule has 7 nitrogen and oxygen atoms in total. The third-order valence-corrected chi connectivity index (χ3v) is 8.16. The number of para-hydroxylation sites is 1. The van der Waals surface area contributed by atoms with Crippen LogP contribution in [0, 0.1) is 5.92 Å². The summed E-state index contributed by atoms with van der Waals surface area (Å²) in [7, 11) is -4.14. The van der Waals surface area contributed by atoms with E-state index in [-0.39, 0.29) is 34.0 Å². The average molecular weight is 556 g/mol. The molecule has 2 amide bonds. The minimum atomic E-state index is -4.14. The number of carbonyl (C=O) groups is 2. The largest absolute Gasteiger partial charge is 0.354 e. The van der Waals surface area contributed by atoms with Crippen molar-refractivity contribution in [1.29, 1.82) is 0 Å². The van der Waals surface area contributed by atoms with Crippen LogP contribution in [0.1, 0.15) is 26.3 Å². The SMILES string of the molecule is CC(C)CNC(=O)C(C)N(CCc1ccccc1)C(=O)CN(c1ccccc1Cl)S(=O)(=O)c1ccccc1. The summed E-state index contributed by atoms with van der Waals surface area (Å²) < 4.78 is 28.5. The molecular weight excluding hydrogens is 522 g/mol. The van der Waals surface area contributed by atoms with Crippen LogP contribution in [-0.2, 0) is 26.0 Å². The van der Waals surface area contributed by atoms with Crippen molar-refractivity contribution in [2.24, 2.45) is 5.92 Å². The fourth-order valence-electron chi connectivity index (χ4n) is 3.91. The van der Waals surface area contributed by atoms with E-state index in [4.69, 9.17) is 11.6 Å². The van der Waals surface area contributed by atoms with Crippen LogP contribution in [0.5, 0.6) is 0 Å². The Hall–Kier alpha value is -3.36. The number of benzene rings is 3. The summed E-state index contributed by atoms with van der Waals surface area (Å²) >= 11 is 6.41. The molecule has 1 N–H and O–H groups in total. The van der Waals surface area contributed by atoms with Gasteiger partial charge in [-0.3, -0.25) is 13.9 Å². The minimum Gasteiger partial charge on any atom is -0.354 e. The molecule has 0 aliphatic carbocycles. The summed E-state index contributed by atoms with van der Waals surface area (Å²) in [5.74, 6) is -0.561. The topological polar surface area (TPSA) is 86.8 Å². The van der Waals surface area contributed by atoms with Crippen LogP contribution in [0.4, 0.5) is 5.69 Å². The van der Waals surface area contributed by atoms with Crippen LogP contribution in [0.3, 0.4) is 0 Å². The lowest BCUT2D eigenvalue weighted by Crippen LogP contribution is -2.52. The number of rotatable bonds is 12. The van der Waals surface area contributed by atoms with E-state index in [9.17, 15) is 18.0 Å². The Kier molecular flexibility index (Phi) is 10.3. The number of sulfonamides is 1. The van der Waals surface area contributed by atoms with Gasteiger partial charge < -0.3 is 10.2 Å². The second-order valence-electron chi connectivity index (χ2n) is 9.41. The Bertz CT molecular complexity index is 1320. The third kappa shape index (κ3) is 7.58. The molecule has 0 aliphatic rings. The van der Waals surface area contributed by atoms with E-state index in [0.29, 0.717) is 13.0 Å². The molecular formula is C29H34ClN3O4S. The van der Waals surface area contributed by atoms with Crippen molar-refractivity contribution in [3.05, 3.63) is 95.5 Å². The molecule has 0 fully saturated rings. The number of hydrogen-bond acceptors (Lipinski definition) is 4. The second-order valence-corrected chi connectivity index (χ2v) is 11.7. The summed E-state index contributed by atoms with van der Waals surface area (Å²) in [5, 5.41) is 3.07. The predicted molar refractivity (Wildman–Crippen MR) is 152 cm³/mol. The first-order valence-corrected chi connectivity index (χ1v) is 14.4. The summed E-state index contributed by atoms with van der Waals surface area (Å²) in [5.41, 5.74) is 1.19. The van der Waals surface area contributed by atoms with Crippen LogP contribution < -0.4 is 9.62 Å². The molecule has 1 atom stereocenters. The van der Waals surface area contributed by atoms with Crippen LogP contribution in [0.15, 0.2) is 89.8 Å². The number of nitrogens with zero attached hydrogens (tertiary/aromatic N) is 2. The van der Waals surface area contributed by atoms with Crippen molar-refractivity contribution in [3.63, 3.8) is 0 Å². The van der Waals surface area contributed by atoms with Crippen molar-refractivity contribution in [2.75, 3.05) is 23.9 Å². The van der Waals surface area contributed by atoms with Gasteiger partial charge in [-0.2, -0.15) is 0 Å². The highest BCUT2D eigenvalue weighted by Crippen LogP contribution is 2.30. The van der Waals surface area contributed by atoms with Gasteiger partial charge in [-0.05, 0) is 49.1 Å². The van der Waals surface area contributed by atoms with Crippen LogP contribution in [0.25, 0.3) is 0 Å². The average Bonchev–Trinajstić information content (AvgIpc) is 2.91. The molecule has 3 rings (SSSR count). The van der Waals surface area contributed by atoms with Gasteiger partial charge in [0.15, 0.2) is 0 Å². The number of nitrogens with one attached hydrogen (secondary N) is 1. The minimum absolute atomic E-state index is 0.0336. The first-order chi connectivity index (χ1) is 18.1. The van der Waals surface area contributed by atoms with Crippen molar-refractivity contribution in [1.82, 2.24) is 10.2 Å². The quantitative estimate of drug-likeness (QED) is 0.349. The third-order valence-electron chi connectivity index (χ3n) is 6.07. The van der Waals surface area contributed by atoms with E-state index in [0.717, 1.165) is 9.87 Å². The highest BCUT2D eigenvalue weighted by atomic mass is 35.5. The molecule has 3 aromatic rings. The van der Waals surface area contributed by atoms with Gasteiger partial charge in [0.1, 0.15) is 12.6 Å². The molecule has 9 heteroatoms. The lowest BCUT2D eigenvalue weighted by atomic mass is 10.1. The smallest absolute Gasteiger partial charge is 0.264 e. The van der Waals surface area contributed by atoms with Gasteiger partial charge in [-0.1, -0.05) is 86.1 Å². The molecule has 0 saturated carbocycles. The molecule has 0 aromatic heterocycles. The molecule has 0 heterocycles. The van der Waals surface area contributed by atoms with E-state index in [1.807, 2.05) is 44.2 Å². The van der Waals surface area contributed by atoms with Crippen LogP contribution >= 0.6 is 11.6 Å². The highest BCUT2D eigenvalue weighted by Gasteiger charge is 2.33. The van der Waals surface area contributed by atoms with Gasteiger partial charge in [0.05, 0.1) is 15.6 Å². The fourth-order valence-corrected chi connectivity index (χ4v) is 5.65. The number of anilines is 1. The van der Waals surface area contributed by atoms with Crippen molar-refractivity contribution in [3.8, 4) is 0 Å². The van der Waals surface area contributed by atoms with Gasteiger partial charge in [0.2, 0.25) is 11.8 Å². The molecule has 1 unspecified atom stereocenters. The van der Waals surface area contributed by atoms with Gasteiger partial charge in [0.25, 0.3) is 10.0 Å². The van der Waals surface area contributed by atoms with E-state index in [1.165, 1.54) is 17.0 Å². The summed E-state index contributed by atoms with van der Waals surface area (Å²) in [6, 6.07) is 23.2. The molecule has 0 spiro atoms. The van der Waals surface area contributed by atoms with Gasteiger partial charge in [0, 0.05) is 13.1 Å². The van der Waals surface area contributed by atoms with E-state index >= 15 is 0 Å². The number of halogens is 1. The Balaban J connectivity index is 1.95. The standard InChI is InChI=1S/C29H34ClN3O4S/c1-22(2)20-31-29(35)23(3)32(19-18-24-12-6-4-7-13-24)28(34)21-33(27-17-11-10-16-26(27)30)38(36,37)25-14-8-5-9-15-25/h4-17,22-23H,18-21H2,1-3H3,(H,31,35). The first-order valence-electron chi connectivity index (χ1n) is 12.5. The summed E-state index contributed by atoms with van der Waals surface area (Å²) in [4.78, 5) is 28.3. The number of hydrogen-bond donors (Lipinski definition) is 1. The Morgan fingerprint density at radius 3 is 2.05 bits per heavy atom. The van der Waals surface area contributed by atoms with Gasteiger partial charge >= 0.3 is 0 Å². The monoisotopic (exact) mass is 555 g/mol. The lowest BCUT2D eigenvalue weighted by Gasteiger charge is -2.32. The zero-order chi connectivity index (χ0) is 27.7. The zero-order valence-electron chi connectivity index (χ0n) is 21.9. The van der Waals surface area contributed by atoms with Crippen LogP contribution in [0.2, 0.25) is 5.02 Å². The zero-order valence-corrected chi connectivity index (χ0v) is 23.5. The van der Waals surface area contributed by atoms with E-state index in [1.54, 1.807) is 49.4 Å². The van der Waals surface area contributed by atoms with Gasteiger partial charge in [-0.15, -0.1) is 0 Å². The molecule has 38 heavy (non-hydrogen) atoms. The number of carbonyl (C=O) groups excluding carboxylic acids is 2. The number of amides is 2. The Morgan fingerprint density at radius 1 is 0.868 bits per heavy atom. The highest BCUT2D eigenvalue weighted by molar-refractivity contribution is 7.92. The van der Waals surface area contributed by atoms with Crippen molar-refractivity contribution >= 4 is 39.1 Å². The Morgan fingerprint density at radius 2 is 1.45 bits per heavy atom. The maximum atomic E-state index is 13.8. The molecule has 0 aliphatic heterocycles. The van der Waals surface area contributed by atoms with Gasteiger partial charge in [-0.25, -0.2) is 8.42 Å². The molecule has 0 bridgehead atoms. The first kappa shape index (κ1) is 29.2. The molecule has 3 aromatic carbocycles. The molecule has 0 radical (unpaired) electrons. The summed E-state index contributed by atoms with van der Waals surface area (Å²) in [6.07, 6.45) is 0.506. The predicted octanol–water partition coefficient (Wildman–Crippen LogP) is 4.77. The molecule has 0 saturated heterocycles. The summed E-state index contributed by atoms with van der Waals surface area (Å²) in [6.45, 7) is 5.82. The van der Waals surface area contributed by atoms with Crippen LogP contribution in [-0.4, -0.2) is 50.8 Å². The van der Waals surface area contributed by atoms with Crippen molar-refractivity contribution in [2.45, 2.75) is 38.1 Å². The normalized spacial score (nSPS) is 12.1. The lowest BCUT2D eigenvalue weighted by molar-refractivity contribution is -0.138.